The van der Waals surface area contributed by atoms with Crippen LogP contribution in [0.3, 0.4) is 0 Å². The molecule has 15 heavy (non-hydrogen) atoms. The van der Waals surface area contributed by atoms with Gasteiger partial charge >= 0.3 is 5.97 Å². The summed E-state index contributed by atoms with van der Waals surface area (Å²) in [6.07, 6.45) is 2.44. The van der Waals surface area contributed by atoms with Crippen molar-refractivity contribution in [3.05, 3.63) is 29.8 Å². The molecule has 1 saturated heterocycles. The maximum Gasteiger partial charge on any atom is 0.320 e. The van der Waals surface area contributed by atoms with Gasteiger partial charge in [0.2, 0.25) is 0 Å². The Hall–Kier alpha value is -1.49. The van der Waals surface area contributed by atoms with Gasteiger partial charge in [0.15, 0.2) is 0 Å². The van der Waals surface area contributed by atoms with Gasteiger partial charge in [-0.25, -0.2) is 4.39 Å². The molecule has 0 spiro atoms. The Kier molecular flexibility index (Phi) is 2.64. The average Bonchev–Trinajstić information content (AvgIpc) is 2.68. The fourth-order valence-electron chi connectivity index (χ4n) is 1.76. The van der Waals surface area contributed by atoms with Crippen LogP contribution in [-0.4, -0.2) is 22.1 Å². The fourth-order valence-corrected chi connectivity index (χ4v) is 1.76. The van der Waals surface area contributed by atoms with Crippen LogP contribution in [0.25, 0.3) is 0 Å². The summed E-state index contributed by atoms with van der Waals surface area (Å²) in [4.78, 5) is 14.6. The van der Waals surface area contributed by atoms with Crippen molar-refractivity contribution >= 4 is 5.97 Å². The number of hydrogen-bond donors (Lipinski definition) is 2. The van der Waals surface area contributed by atoms with Crippen molar-refractivity contribution in [2.45, 2.75) is 24.9 Å². The van der Waals surface area contributed by atoms with E-state index in [1.165, 1.54) is 6.07 Å². The molecule has 1 aliphatic rings. The lowest BCUT2D eigenvalue weighted by molar-refractivity contribution is -0.139. The monoisotopic (exact) mass is 210 g/mol. The summed E-state index contributed by atoms with van der Waals surface area (Å²) in [6.45, 7) is 0. The van der Waals surface area contributed by atoms with Gasteiger partial charge in [-0.1, -0.05) is 0 Å². The minimum Gasteiger partial charge on any atom is -0.480 e. The standard InChI is InChI=1S/C10H11FN2O2/c11-6-1-2-7(12-5-6)8-3-4-9(13-8)10(14)15/h1-2,5,8-9,13H,3-4H2,(H,14,15)/t8-,9+/m0/s1. The van der Waals surface area contributed by atoms with Crippen LogP contribution < -0.4 is 5.32 Å². The number of carboxylic acid groups (broad SMARTS) is 1. The molecule has 1 aromatic heterocycles. The van der Waals surface area contributed by atoms with E-state index in [9.17, 15) is 9.18 Å². The van der Waals surface area contributed by atoms with Gasteiger partial charge in [0, 0.05) is 0 Å². The first-order valence-electron chi connectivity index (χ1n) is 4.77. The van der Waals surface area contributed by atoms with E-state index in [1.54, 1.807) is 6.07 Å². The lowest BCUT2D eigenvalue weighted by Crippen LogP contribution is -2.32. The number of halogens is 1. The van der Waals surface area contributed by atoms with E-state index in [2.05, 4.69) is 10.3 Å². The number of pyridine rings is 1. The second-order valence-corrected chi connectivity index (χ2v) is 3.59. The predicted octanol–water partition coefficient (Wildman–Crippen LogP) is 1.10. The summed E-state index contributed by atoms with van der Waals surface area (Å²) in [6, 6.07) is 2.32. The molecule has 1 aliphatic heterocycles. The molecule has 0 aliphatic carbocycles. The number of hydrogen-bond acceptors (Lipinski definition) is 3. The molecule has 0 bridgehead atoms. The van der Waals surface area contributed by atoms with Crippen LogP contribution in [0.4, 0.5) is 4.39 Å². The highest BCUT2D eigenvalue weighted by molar-refractivity contribution is 5.73. The molecule has 0 radical (unpaired) electrons. The number of nitrogens with zero attached hydrogens (tertiary/aromatic N) is 1. The van der Waals surface area contributed by atoms with Crippen LogP contribution in [0.2, 0.25) is 0 Å². The van der Waals surface area contributed by atoms with Gasteiger partial charge in [-0.15, -0.1) is 0 Å². The summed E-state index contributed by atoms with van der Waals surface area (Å²) < 4.78 is 12.6. The molecule has 2 N–H and O–H groups in total. The van der Waals surface area contributed by atoms with Crippen LogP contribution in [0.1, 0.15) is 24.6 Å². The number of nitrogens with one attached hydrogen (secondary N) is 1. The smallest absolute Gasteiger partial charge is 0.320 e. The van der Waals surface area contributed by atoms with E-state index in [0.717, 1.165) is 12.6 Å². The van der Waals surface area contributed by atoms with Crippen molar-refractivity contribution in [2.24, 2.45) is 0 Å². The van der Waals surface area contributed by atoms with Gasteiger partial charge < -0.3 is 5.11 Å². The first-order chi connectivity index (χ1) is 7.16. The van der Waals surface area contributed by atoms with Crippen LogP contribution >= 0.6 is 0 Å². The molecule has 2 rings (SSSR count). The van der Waals surface area contributed by atoms with E-state index in [4.69, 9.17) is 5.11 Å². The molecule has 1 fully saturated rings. The van der Waals surface area contributed by atoms with E-state index >= 15 is 0 Å². The summed E-state index contributed by atoms with van der Waals surface area (Å²) in [7, 11) is 0. The highest BCUT2D eigenvalue weighted by atomic mass is 19.1. The van der Waals surface area contributed by atoms with E-state index < -0.39 is 12.0 Å². The first-order valence-corrected chi connectivity index (χ1v) is 4.77. The maximum absolute atomic E-state index is 12.6. The topological polar surface area (TPSA) is 62.2 Å². The Labute approximate surface area is 86.1 Å². The van der Waals surface area contributed by atoms with Gasteiger partial charge in [0.05, 0.1) is 17.9 Å². The Balaban J connectivity index is 2.07. The largest absolute Gasteiger partial charge is 0.480 e. The van der Waals surface area contributed by atoms with Crippen molar-refractivity contribution < 1.29 is 14.3 Å². The summed E-state index contributed by atoms with van der Waals surface area (Å²) in [5.41, 5.74) is 0.695. The maximum atomic E-state index is 12.6. The number of rotatable bonds is 2. The summed E-state index contributed by atoms with van der Waals surface area (Å²) in [5, 5.41) is 11.7. The van der Waals surface area contributed by atoms with Crippen molar-refractivity contribution in [3.8, 4) is 0 Å². The molecule has 2 heterocycles. The van der Waals surface area contributed by atoms with Gasteiger partial charge in [0.25, 0.3) is 0 Å². The summed E-state index contributed by atoms with van der Waals surface area (Å²) in [5.74, 6) is -1.23. The van der Waals surface area contributed by atoms with Crippen LogP contribution in [-0.2, 0) is 4.79 Å². The van der Waals surface area contributed by atoms with E-state index in [0.29, 0.717) is 12.1 Å². The van der Waals surface area contributed by atoms with Crippen LogP contribution in [0, 0.1) is 5.82 Å². The van der Waals surface area contributed by atoms with Crippen molar-refractivity contribution in [1.29, 1.82) is 0 Å². The third-order valence-electron chi connectivity index (χ3n) is 2.55. The molecule has 0 saturated carbocycles. The Morgan fingerprint density at radius 1 is 1.53 bits per heavy atom. The lowest BCUT2D eigenvalue weighted by atomic mass is 10.1. The SMILES string of the molecule is O=C(O)[C@H]1CC[C@@H](c2ccc(F)cn2)N1. The Morgan fingerprint density at radius 2 is 2.33 bits per heavy atom. The van der Waals surface area contributed by atoms with Crippen molar-refractivity contribution in [2.75, 3.05) is 0 Å². The van der Waals surface area contributed by atoms with E-state index in [1.807, 2.05) is 0 Å². The van der Waals surface area contributed by atoms with E-state index in [-0.39, 0.29) is 11.9 Å². The highest BCUT2D eigenvalue weighted by Gasteiger charge is 2.30. The summed E-state index contributed by atoms with van der Waals surface area (Å²) >= 11 is 0. The lowest BCUT2D eigenvalue weighted by Gasteiger charge is -2.10. The van der Waals surface area contributed by atoms with Crippen LogP contribution in [0.5, 0.6) is 0 Å². The molecular weight excluding hydrogens is 199 g/mol. The fraction of sp³-hybridized carbons (Fsp3) is 0.400. The van der Waals surface area contributed by atoms with Gasteiger partial charge in [-0.05, 0) is 25.0 Å². The number of aliphatic carboxylic acids is 1. The number of carboxylic acids is 1. The number of aromatic nitrogens is 1. The molecule has 1 aromatic rings. The van der Waals surface area contributed by atoms with Crippen LogP contribution in [0.15, 0.2) is 18.3 Å². The zero-order chi connectivity index (χ0) is 10.8. The Morgan fingerprint density at radius 3 is 2.87 bits per heavy atom. The van der Waals surface area contributed by atoms with Crippen molar-refractivity contribution in [1.82, 2.24) is 10.3 Å². The molecule has 0 amide bonds. The third-order valence-corrected chi connectivity index (χ3v) is 2.55. The quantitative estimate of drug-likeness (QED) is 0.767. The molecule has 0 unspecified atom stereocenters. The van der Waals surface area contributed by atoms with Gasteiger partial charge in [-0.3, -0.25) is 15.1 Å². The molecule has 80 valence electrons. The first kappa shape index (κ1) is 10.0. The predicted molar refractivity (Wildman–Crippen MR) is 50.7 cm³/mol. The van der Waals surface area contributed by atoms with Crippen molar-refractivity contribution in [3.63, 3.8) is 0 Å². The average molecular weight is 210 g/mol. The zero-order valence-electron chi connectivity index (χ0n) is 7.98. The molecule has 2 atom stereocenters. The molecule has 5 heteroatoms. The molecule has 4 nitrogen and oxygen atoms in total. The second-order valence-electron chi connectivity index (χ2n) is 3.59. The minimum absolute atomic E-state index is 0.0771. The third kappa shape index (κ3) is 2.12. The second kappa shape index (κ2) is 3.94. The zero-order valence-corrected chi connectivity index (χ0v) is 7.98. The minimum atomic E-state index is -0.848. The Bertz CT molecular complexity index is 366. The highest BCUT2D eigenvalue weighted by Crippen LogP contribution is 2.24. The molecular formula is C10H11FN2O2. The normalized spacial score (nSPS) is 25.4. The molecule has 0 aromatic carbocycles. The van der Waals surface area contributed by atoms with Gasteiger partial charge in [0.1, 0.15) is 11.9 Å². The van der Waals surface area contributed by atoms with Gasteiger partial charge in [-0.2, -0.15) is 0 Å². The number of carbonyl (C=O) groups is 1.